The minimum Gasteiger partial charge on any atom is -0.456 e. The van der Waals surface area contributed by atoms with Gasteiger partial charge in [-0.3, -0.25) is 4.79 Å². The minimum absolute atomic E-state index is 0.0286. The van der Waals surface area contributed by atoms with Gasteiger partial charge in [-0.05, 0) is 25.7 Å². The van der Waals surface area contributed by atoms with Gasteiger partial charge >= 0.3 is 5.97 Å². The van der Waals surface area contributed by atoms with Crippen molar-refractivity contribution >= 4 is 5.97 Å². The molecule has 0 aromatic carbocycles. The number of carbonyl (C=O) groups is 1. The number of hydrogen-bond acceptors (Lipinski definition) is 2. The number of piperidine rings is 2. The minimum atomic E-state index is 0.0286. The van der Waals surface area contributed by atoms with E-state index in [-0.39, 0.29) is 12.1 Å². The zero-order chi connectivity index (χ0) is 13.0. The molecule has 0 aromatic heterocycles. The Morgan fingerprint density at radius 3 is 2.78 bits per heavy atom. The monoisotopic (exact) mass is 254 g/mol. The van der Waals surface area contributed by atoms with E-state index in [0.29, 0.717) is 12.5 Å². The van der Waals surface area contributed by atoms with Crippen LogP contribution in [0, 0.1) is 0 Å². The van der Waals surface area contributed by atoms with Gasteiger partial charge in [0.25, 0.3) is 0 Å². The van der Waals surface area contributed by atoms with Gasteiger partial charge in [0.15, 0.2) is 6.10 Å². The van der Waals surface area contributed by atoms with Crippen molar-refractivity contribution in [2.75, 3.05) is 20.1 Å². The lowest BCUT2D eigenvalue weighted by atomic mass is 9.88. The molecular formula is C15H28NO2+. The van der Waals surface area contributed by atoms with E-state index < -0.39 is 0 Å². The molecule has 0 N–H and O–H groups in total. The van der Waals surface area contributed by atoms with E-state index in [0.717, 1.165) is 23.7 Å². The second-order valence-electron chi connectivity index (χ2n) is 6.26. The number of fused-ring (bicyclic) bond motifs is 1. The first kappa shape index (κ1) is 13.9. The molecule has 2 aliphatic heterocycles. The SMILES string of the molecule is CCCCC(=O)O[C@@H]1CCC[N+]2(C)CCCC[C@H]12. The molecule has 2 aliphatic rings. The highest BCUT2D eigenvalue weighted by Crippen LogP contribution is 2.33. The highest BCUT2D eigenvalue weighted by molar-refractivity contribution is 5.69. The van der Waals surface area contributed by atoms with Crippen LogP contribution in [0.2, 0.25) is 0 Å². The number of rotatable bonds is 4. The fraction of sp³-hybridized carbons (Fsp3) is 0.933. The fourth-order valence-corrected chi connectivity index (χ4v) is 3.70. The van der Waals surface area contributed by atoms with E-state index in [1.807, 2.05) is 0 Å². The van der Waals surface area contributed by atoms with Crippen molar-refractivity contribution < 1.29 is 14.0 Å². The number of quaternary nitrogens is 1. The Morgan fingerprint density at radius 1 is 1.22 bits per heavy atom. The average molecular weight is 254 g/mol. The first-order valence-corrected chi connectivity index (χ1v) is 7.69. The smallest absolute Gasteiger partial charge is 0.306 e. The molecule has 3 atom stereocenters. The summed E-state index contributed by atoms with van der Waals surface area (Å²) in [6.45, 7) is 4.66. The Balaban J connectivity index is 1.92. The largest absolute Gasteiger partial charge is 0.456 e. The predicted octanol–water partition coefficient (Wildman–Crippen LogP) is 2.88. The quantitative estimate of drug-likeness (QED) is 0.569. The van der Waals surface area contributed by atoms with Crippen LogP contribution in [-0.2, 0) is 9.53 Å². The van der Waals surface area contributed by atoms with Gasteiger partial charge in [-0.25, -0.2) is 0 Å². The van der Waals surface area contributed by atoms with Crippen LogP contribution in [-0.4, -0.2) is 42.7 Å². The molecule has 104 valence electrons. The lowest BCUT2D eigenvalue weighted by Gasteiger charge is -2.50. The lowest BCUT2D eigenvalue weighted by molar-refractivity contribution is -0.946. The summed E-state index contributed by atoms with van der Waals surface area (Å²) in [4.78, 5) is 11.8. The molecule has 3 nitrogen and oxygen atoms in total. The average Bonchev–Trinajstić information content (AvgIpc) is 2.36. The molecule has 0 saturated carbocycles. The lowest BCUT2D eigenvalue weighted by Crippen LogP contribution is -2.63. The Labute approximate surface area is 111 Å². The summed E-state index contributed by atoms with van der Waals surface area (Å²) in [6.07, 6.45) is 8.99. The van der Waals surface area contributed by atoms with Gasteiger partial charge in [-0.1, -0.05) is 13.3 Å². The molecular weight excluding hydrogens is 226 g/mol. The van der Waals surface area contributed by atoms with Crippen molar-refractivity contribution in [2.24, 2.45) is 0 Å². The molecule has 2 heterocycles. The summed E-state index contributed by atoms with van der Waals surface area (Å²) in [5.41, 5.74) is 0. The van der Waals surface area contributed by atoms with Crippen molar-refractivity contribution in [3.05, 3.63) is 0 Å². The first-order chi connectivity index (χ1) is 8.65. The van der Waals surface area contributed by atoms with Crippen LogP contribution in [0.3, 0.4) is 0 Å². The van der Waals surface area contributed by atoms with Gasteiger partial charge < -0.3 is 9.22 Å². The van der Waals surface area contributed by atoms with Crippen molar-refractivity contribution in [3.8, 4) is 0 Å². The summed E-state index contributed by atoms with van der Waals surface area (Å²) in [6, 6.07) is 0.568. The van der Waals surface area contributed by atoms with Crippen LogP contribution >= 0.6 is 0 Å². The number of esters is 1. The van der Waals surface area contributed by atoms with Crippen LogP contribution in [0.4, 0.5) is 0 Å². The van der Waals surface area contributed by atoms with Crippen LogP contribution < -0.4 is 0 Å². The maximum Gasteiger partial charge on any atom is 0.306 e. The topological polar surface area (TPSA) is 26.3 Å². The Bertz CT molecular complexity index is 288. The van der Waals surface area contributed by atoms with E-state index in [1.165, 1.54) is 38.8 Å². The van der Waals surface area contributed by atoms with Crippen LogP contribution in [0.1, 0.15) is 58.3 Å². The number of hydrogen-bond donors (Lipinski definition) is 0. The third kappa shape index (κ3) is 3.05. The van der Waals surface area contributed by atoms with E-state index >= 15 is 0 Å². The van der Waals surface area contributed by atoms with Gasteiger partial charge in [-0.2, -0.15) is 0 Å². The van der Waals surface area contributed by atoms with Crippen molar-refractivity contribution in [3.63, 3.8) is 0 Å². The van der Waals surface area contributed by atoms with Gasteiger partial charge in [0.1, 0.15) is 6.04 Å². The molecule has 0 bridgehead atoms. The molecule has 3 heteroatoms. The Kier molecular flexibility index (Phi) is 4.66. The van der Waals surface area contributed by atoms with E-state index in [4.69, 9.17) is 4.74 Å². The maximum absolute atomic E-state index is 11.8. The summed E-state index contributed by atoms with van der Waals surface area (Å²) >= 11 is 0. The molecule has 1 unspecified atom stereocenters. The summed E-state index contributed by atoms with van der Waals surface area (Å²) < 4.78 is 6.92. The van der Waals surface area contributed by atoms with Crippen LogP contribution in [0.25, 0.3) is 0 Å². The van der Waals surface area contributed by atoms with Gasteiger partial charge in [0, 0.05) is 19.3 Å². The second kappa shape index (κ2) is 6.05. The highest BCUT2D eigenvalue weighted by atomic mass is 16.5. The van der Waals surface area contributed by atoms with Crippen LogP contribution in [0.5, 0.6) is 0 Å². The van der Waals surface area contributed by atoms with Crippen molar-refractivity contribution in [2.45, 2.75) is 70.4 Å². The van der Waals surface area contributed by atoms with E-state index in [2.05, 4.69) is 14.0 Å². The van der Waals surface area contributed by atoms with E-state index in [1.54, 1.807) is 0 Å². The molecule has 0 amide bonds. The third-order valence-corrected chi connectivity index (χ3v) is 4.82. The number of likely N-dealkylation sites (N-methyl/N-ethyl adjacent to an activating group) is 1. The maximum atomic E-state index is 11.8. The van der Waals surface area contributed by atoms with Crippen LogP contribution in [0.15, 0.2) is 0 Å². The fourth-order valence-electron chi connectivity index (χ4n) is 3.70. The zero-order valence-electron chi connectivity index (χ0n) is 12.0. The second-order valence-corrected chi connectivity index (χ2v) is 6.26. The number of unbranched alkanes of at least 4 members (excludes halogenated alkanes) is 1. The number of ether oxygens (including phenoxy) is 1. The molecule has 0 spiro atoms. The zero-order valence-corrected chi connectivity index (χ0v) is 12.0. The molecule has 2 fully saturated rings. The molecule has 2 saturated heterocycles. The Morgan fingerprint density at radius 2 is 2.00 bits per heavy atom. The summed E-state index contributed by atoms with van der Waals surface area (Å²) in [7, 11) is 2.36. The Hall–Kier alpha value is -0.570. The standard InChI is InChI=1S/C15H28NO2/c1-3-4-10-15(17)18-14-9-7-12-16(2)11-6-5-8-13(14)16/h13-14H,3-12H2,1-2H3/q+1/t13-,14-,16?/m1/s1. The molecule has 0 aliphatic carbocycles. The first-order valence-electron chi connectivity index (χ1n) is 7.69. The summed E-state index contributed by atoms with van der Waals surface area (Å²) in [5.74, 6) is 0.0286. The number of carbonyl (C=O) groups excluding carboxylic acids is 1. The highest BCUT2D eigenvalue weighted by Gasteiger charge is 2.45. The van der Waals surface area contributed by atoms with Crippen molar-refractivity contribution in [1.29, 1.82) is 0 Å². The molecule has 0 radical (unpaired) electrons. The van der Waals surface area contributed by atoms with Gasteiger partial charge in [0.2, 0.25) is 0 Å². The summed E-state index contributed by atoms with van der Waals surface area (Å²) in [5, 5.41) is 0. The van der Waals surface area contributed by atoms with E-state index in [9.17, 15) is 4.79 Å². The molecule has 0 aromatic rings. The number of nitrogens with zero attached hydrogens (tertiary/aromatic N) is 1. The third-order valence-electron chi connectivity index (χ3n) is 4.82. The molecule has 18 heavy (non-hydrogen) atoms. The predicted molar refractivity (Wildman–Crippen MR) is 72.2 cm³/mol. The normalized spacial score (nSPS) is 35.9. The van der Waals surface area contributed by atoms with Crippen molar-refractivity contribution in [1.82, 2.24) is 0 Å². The molecule has 2 rings (SSSR count). The van der Waals surface area contributed by atoms with Gasteiger partial charge in [-0.15, -0.1) is 0 Å². The van der Waals surface area contributed by atoms with Gasteiger partial charge in [0.05, 0.1) is 20.1 Å².